The van der Waals surface area contributed by atoms with Crippen molar-refractivity contribution in [3.8, 4) is 5.75 Å². The summed E-state index contributed by atoms with van der Waals surface area (Å²) in [4.78, 5) is 28.7. The summed E-state index contributed by atoms with van der Waals surface area (Å²) in [5, 5.41) is 3.90. The Bertz CT molecular complexity index is 1180. The van der Waals surface area contributed by atoms with Crippen molar-refractivity contribution in [1.82, 2.24) is 10.2 Å². The first kappa shape index (κ1) is 28.5. The molecule has 0 unspecified atom stereocenters. The Labute approximate surface area is 229 Å². The van der Waals surface area contributed by atoms with Crippen LogP contribution in [-0.4, -0.2) is 35.9 Å². The zero-order valence-electron chi connectivity index (χ0n) is 21.5. The maximum absolute atomic E-state index is 13.7. The quantitative estimate of drug-likeness (QED) is 0.279. The van der Waals surface area contributed by atoms with Crippen molar-refractivity contribution in [3.63, 3.8) is 0 Å². The summed E-state index contributed by atoms with van der Waals surface area (Å²) < 4.78 is 6.01. The molecule has 3 aromatic carbocycles. The standard InChI is InChI=1S/C30H34Cl2N2O3/c1-4-16-33-30(36)27(17-22-10-6-5-7-11-22)34(19-23-14-15-24(31)18-26(23)32)29(35)20-37-28-13-9-8-12-25(28)21(2)3/h5-15,18,21,27H,4,16-17,19-20H2,1-3H3,(H,33,36)/t27-/m0/s1. The molecule has 0 radical (unpaired) electrons. The number of nitrogens with zero attached hydrogens (tertiary/aromatic N) is 1. The molecule has 3 aromatic rings. The van der Waals surface area contributed by atoms with Crippen LogP contribution in [0.4, 0.5) is 0 Å². The van der Waals surface area contributed by atoms with Crippen molar-refractivity contribution in [2.45, 2.75) is 52.1 Å². The predicted octanol–water partition coefficient (Wildman–Crippen LogP) is 6.66. The fourth-order valence-corrected chi connectivity index (χ4v) is 4.53. The Morgan fingerprint density at radius 1 is 0.973 bits per heavy atom. The SMILES string of the molecule is CCCNC(=O)[C@H](Cc1ccccc1)N(Cc1ccc(Cl)cc1Cl)C(=O)COc1ccccc1C(C)C. The fourth-order valence-electron chi connectivity index (χ4n) is 4.06. The smallest absolute Gasteiger partial charge is 0.261 e. The van der Waals surface area contributed by atoms with Crippen molar-refractivity contribution in [2.75, 3.05) is 13.2 Å². The van der Waals surface area contributed by atoms with E-state index in [0.717, 1.165) is 17.5 Å². The van der Waals surface area contributed by atoms with Crippen LogP contribution < -0.4 is 10.1 Å². The zero-order chi connectivity index (χ0) is 26.8. The molecule has 0 bridgehead atoms. The van der Waals surface area contributed by atoms with Crippen molar-refractivity contribution < 1.29 is 14.3 Å². The van der Waals surface area contributed by atoms with E-state index in [-0.39, 0.29) is 30.9 Å². The van der Waals surface area contributed by atoms with E-state index in [1.807, 2.05) is 61.5 Å². The van der Waals surface area contributed by atoms with Gasteiger partial charge in [-0.3, -0.25) is 9.59 Å². The van der Waals surface area contributed by atoms with Crippen LogP contribution >= 0.6 is 23.2 Å². The second kappa shape index (κ2) is 14.1. The molecule has 1 atom stereocenters. The summed E-state index contributed by atoms with van der Waals surface area (Å²) in [6, 6.07) is 21.7. The number of hydrogen-bond acceptors (Lipinski definition) is 3. The highest BCUT2D eigenvalue weighted by molar-refractivity contribution is 6.35. The van der Waals surface area contributed by atoms with Crippen molar-refractivity contribution >= 4 is 35.0 Å². The Hall–Kier alpha value is -3.02. The molecule has 1 N–H and O–H groups in total. The normalized spacial score (nSPS) is 11.7. The molecule has 0 saturated heterocycles. The van der Waals surface area contributed by atoms with E-state index in [1.54, 1.807) is 23.1 Å². The molecule has 5 nitrogen and oxygen atoms in total. The number of ether oxygens (including phenoxy) is 1. The molecule has 0 saturated carbocycles. The van der Waals surface area contributed by atoms with Gasteiger partial charge in [-0.15, -0.1) is 0 Å². The summed E-state index contributed by atoms with van der Waals surface area (Å²) in [6.07, 6.45) is 1.14. The van der Waals surface area contributed by atoms with Gasteiger partial charge >= 0.3 is 0 Å². The van der Waals surface area contributed by atoms with Gasteiger partial charge in [0.1, 0.15) is 11.8 Å². The van der Waals surface area contributed by atoms with Crippen LogP contribution in [0.5, 0.6) is 5.75 Å². The van der Waals surface area contributed by atoms with E-state index >= 15 is 0 Å². The lowest BCUT2D eigenvalue weighted by Crippen LogP contribution is -2.51. The van der Waals surface area contributed by atoms with Gasteiger partial charge in [0.05, 0.1) is 0 Å². The maximum Gasteiger partial charge on any atom is 0.261 e. The average molecular weight is 542 g/mol. The molecule has 0 fully saturated rings. The molecule has 0 aliphatic carbocycles. The highest BCUT2D eigenvalue weighted by atomic mass is 35.5. The van der Waals surface area contributed by atoms with Crippen LogP contribution in [0.3, 0.4) is 0 Å². The highest BCUT2D eigenvalue weighted by Gasteiger charge is 2.31. The molecule has 37 heavy (non-hydrogen) atoms. The molecule has 0 aliphatic heterocycles. The third-order valence-corrected chi connectivity index (χ3v) is 6.66. The Kier molecular flexibility index (Phi) is 10.8. The van der Waals surface area contributed by atoms with Gasteiger partial charge in [-0.2, -0.15) is 0 Å². The molecule has 0 aliphatic rings. The summed E-state index contributed by atoms with van der Waals surface area (Å²) in [5.74, 6) is 0.371. The highest BCUT2D eigenvalue weighted by Crippen LogP contribution is 2.27. The average Bonchev–Trinajstić information content (AvgIpc) is 2.89. The summed E-state index contributed by atoms with van der Waals surface area (Å²) in [5.41, 5.74) is 2.66. The number of nitrogens with one attached hydrogen (secondary N) is 1. The van der Waals surface area contributed by atoms with Crippen LogP contribution in [-0.2, 0) is 22.6 Å². The minimum atomic E-state index is -0.753. The number of benzene rings is 3. The number of para-hydroxylation sites is 1. The number of rotatable bonds is 12. The summed E-state index contributed by atoms with van der Waals surface area (Å²) in [7, 11) is 0. The minimum Gasteiger partial charge on any atom is -0.483 e. The number of amides is 2. The molecule has 3 rings (SSSR count). The van der Waals surface area contributed by atoms with E-state index in [2.05, 4.69) is 19.2 Å². The molecule has 196 valence electrons. The van der Waals surface area contributed by atoms with E-state index in [0.29, 0.717) is 34.3 Å². The van der Waals surface area contributed by atoms with Gasteiger partial charge in [-0.25, -0.2) is 0 Å². The van der Waals surface area contributed by atoms with Crippen LogP contribution in [0.2, 0.25) is 10.0 Å². The zero-order valence-corrected chi connectivity index (χ0v) is 23.1. The van der Waals surface area contributed by atoms with E-state index in [9.17, 15) is 9.59 Å². The molecular formula is C30H34Cl2N2O3. The lowest BCUT2D eigenvalue weighted by molar-refractivity contribution is -0.142. The lowest BCUT2D eigenvalue weighted by atomic mass is 10.0. The largest absolute Gasteiger partial charge is 0.483 e. The van der Waals surface area contributed by atoms with Crippen LogP contribution in [0.15, 0.2) is 72.8 Å². The third-order valence-electron chi connectivity index (χ3n) is 6.07. The van der Waals surface area contributed by atoms with Crippen LogP contribution in [0.25, 0.3) is 0 Å². The predicted molar refractivity (Wildman–Crippen MR) is 150 cm³/mol. The Balaban J connectivity index is 1.94. The summed E-state index contributed by atoms with van der Waals surface area (Å²) >= 11 is 12.6. The van der Waals surface area contributed by atoms with Gasteiger partial charge in [0.2, 0.25) is 5.91 Å². The maximum atomic E-state index is 13.7. The minimum absolute atomic E-state index is 0.140. The number of hydrogen-bond donors (Lipinski definition) is 1. The monoisotopic (exact) mass is 540 g/mol. The molecule has 0 spiro atoms. The first-order valence-corrected chi connectivity index (χ1v) is 13.3. The molecule has 0 heterocycles. The van der Waals surface area contributed by atoms with Gasteiger partial charge in [0.15, 0.2) is 6.61 Å². The van der Waals surface area contributed by atoms with Crippen molar-refractivity contribution in [3.05, 3.63) is 99.5 Å². The van der Waals surface area contributed by atoms with Crippen molar-refractivity contribution in [2.24, 2.45) is 0 Å². The van der Waals surface area contributed by atoms with E-state index in [1.165, 1.54) is 0 Å². The van der Waals surface area contributed by atoms with Crippen LogP contribution in [0, 0.1) is 0 Å². The Morgan fingerprint density at radius 3 is 2.35 bits per heavy atom. The molecule has 7 heteroatoms. The van der Waals surface area contributed by atoms with Gasteiger partial charge in [-0.1, -0.05) is 98.6 Å². The topological polar surface area (TPSA) is 58.6 Å². The first-order chi connectivity index (χ1) is 17.8. The van der Waals surface area contributed by atoms with E-state index < -0.39 is 6.04 Å². The van der Waals surface area contributed by atoms with Gasteiger partial charge in [-0.05, 0) is 47.2 Å². The fraction of sp³-hybridized carbons (Fsp3) is 0.333. The molecule has 0 aromatic heterocycles. The third kappa shape index (κ3) is 8.24. The number of carbonyl (C=O) groups is 2. The Morgan fingerprint density at radius 2 is 1.68 bits per heavy atom. The van der Waals surface area contributed by atoms with Gasteiger partial charge in [0.25, 0.3) is 5.91 Å². The van der Waals surface area contributed by atoms with Gasteiger partial charge < -0.3 is 15.0 Å². The van der Waals surface area contributed by atoms with Gasteiger partial charge in [0, 0.05) is 29.6 Å². The van der Waals surface area contributed by atoms with E-state index in [4.69, 9.17) is 27.9 Å². The lowest BCUT2D eigenvalue weighted by Gasteiger charge is -2.32. The van der Waals surface area contributed by atoms with Crippen LogP contribution in [0.1, 0.15) is 49.8 Å². The number of halogens is 2. The first-order valence-electron chi connectivity index (χ1n) is 12.6. The van der Waals surface area contributed by atoms with Crippen molar-refractivity contribution in [1.29, 1.82) is 0 Å². The number of carbonyl (C=O) groups excluding carboxylic acids is 2. The molecular weight excluding hydrogens is 507 g/mol. The second-order valence-electron chi connectivity index (χ2n) is 9.24. The molecule has 2 amide bonds. The second-order valence-corrected chi connectivity index (χ2v) is 10.1. The summed E-state index contributed by atoms with van der Waals surface area (Å²) in [6.45, 7) is 6.59.